The number of hydrogen-bond donors (Lipinski definition) is 0. The molecule has 0 N–H and O–H groups in total. The molecule has 0 heterocycles. The average molecular weight is 367 g/mol. The van der Waals surface area contributed by atoms with Crippen molar-refractivity contribution < 1.29 is 0 Å². The van der Waals surface area contributed by atoms with Crippen molar-refractivity contribution in [2.24, 2.45) is 53.3 Å². The third-order valence-electron chi connectivity index (χ3n) is 6.95. The van der Waals surface area contributed by atoms with E-state index in [1.165, 1.54) is 0 Å². The summed E-state index contributed by atoms with van der Waals surface area (Å²) in [6, 6.07) is 0. The van der Waals surface area contributed by atoms with Crippen LogP contribution in [0.3, 0.4) is 0 Å². The summed E-state index contributed by atoms with van der Waals surface area (Å²) in [6.45, 7) is 29.5. The van der Waals surface area contributed by atoms with Gasteiger partial charge in [-0.15, -0.1) is 0 Å². The summed E-state index contributed by atoms with van der Waals surface area (Å²) in [5.41, 5.74) is 0. The SMILES string of the molecule is CC(C)C([CH2][Al]([CH2]C(C(C)C)C(C)C)[CH2]C(C(C)C)C(C)C)C(C)C. The van der Waals surface area contributed by atoms with Gasteiger partial charge in [-0.1, -0.05) is 98.9 Å². The molecule has 25 heavy (non-hydrogen) atoms. The van der Waals surface area contributed by atoms with Gasteiger partial charge in [0.25, 0.3) is 14.1 Å². The van der Waals surface area contributed by atoms with Crippen LogP contribution in [0, 0.1) is 53.3 Å². The first-order valence-electron chi connectivity index (χ1n) is 11.4. The highest BCUT2D eigenvalue weighted by Gasteiger charge is 2.33. The van der Waals surface area contributed by atoms with Gasteiger partial charge in [0.05, 0.1) is 0 Å². The zero-order valence-electron chi connectivity index (χ0n) is 19.9. The van der Waals surface area contributed by atoms with E-state index in [1.54, 1.807) is 15.8 Å². The third-order valence-corrected chi connectivity index (χ3v) is 10.6. The quantitative estimate of drug-likeness (QED) is 0.305. The Balaban J connectivity index is 5.40. The van der Waals surface area contributed by atoms with Crippen molar-refractivity contribution in [3.8, 4) is 0 Å². The summed E-state index contributed by atoms with van der Waals surface area (Å²) in [6.07, 6.45) is 0. The van der Waals surface area contributed by atoms with Crippen LogP contribution in [0.1, 0.15) is 83.1 Å². The summed E-state index contributed by atoms with van der Waals surface area (Å²) in [7, 11) is 0. The van der Waals surface area contributed by atoms with E-state index >= 15 is 0 Å². The number of hydrogen-bond acceptors (Lipinski definition) is 0. The van der Waals surface area contributed by atoms with Crippen molar-refractivity contribution in [3.63, 3.8) is 0 Å². The predicted octanol–water partition coefficient (Wildman–Crippen LogP) is 8.27. The molecule has 0 unspecified atom stereocenters. The summed E-state index contributed by atoms with van der Waals surface area (Å²) in [5, 5.41) is 4.71. The first-order valence-corrected chi connectivity index (χ1v) is 13.8. The predicted molar refractivity (Wildman–Crippen MR) is 120 cm³/mol. The van der Waals surface area contributed by atoms with Crippen LogP contribution in [0.2, 0.25) is 15.8 Å². The Morgan fingerprint density at radius 1 is 0.360 bits per heavy atom. The second-order valence-electron chi connectivity index (χ2n) is 11.0. The first-order chi connectivity index (χ1) is 11.4. The van der Waals surface area contributed by atoms with Crippen LogP contribution in [0.5, 0.6) is 0 Å². The maximum Gasteiger partial charge on any atom is 0.262 e. The second-order valence-corrected chi connectivity index (χ2v) is 14.2. The number of rotatable bonds is 12. The zero-order valence-corrected chi connectivity index (χ0v) is 21.0. The highest BCUT2D eigenvalue weighted by atomic mass is 27.2. The summed E-state index contributed by atoms with van der Waals surface area (Å²) < 4.78 is 0. The van der Waals surface area contributed by atoms with E-state index in [4.69, 9.17) is 0 Å². The van der Waals surface area contributed by atoms with E-state index in [9.17, 15) is 0 Å². The molecule has 0 aromatic carbocycles. The molecular formula is C24H51Al. The lowest BCUT2D eigenvalue weighted by molar-refractivity contribution is 0.288. The van der Waals surface area contributed by atoms with Crippen molar-refractivity contribution in [3.05, 3.63) is 0 Å². The molecule has 0 aromatic heterocycles. The summed E-state index contributed by atoms with van der Waals surface area (Å²) >= 11 is -0.744. The van der Waals surface area contributed by atoms with Crippen molar-refractivity contribution in [1.29, 1.82) is 0 Å². The monoisotopic (exact) mass is 366 g/mol. The molecule has 0 saturated heterocycles. The second kappa shape index (κ2) is 12.1. The molecule has 0 bridgehead atoms. The highest BCUT2D eigenvalue weighted by molar-refractivity contribution is 6.59. The highest BCUT2D eigenvalue weighted by Crippen LogP contribution is 2.37. The van der Waals surface area contributed by atoms with Gasteiger partial charge >= 0.3 is 0 Å². The van der Waals surface area contributed by atoms with Crippen molar-refractivity contribution in [1.82, 2.24) is 0 Å². The zero-order chi connectivity index (χ0) is 19.9. The lowest BCUT2D eigenvalue weighted by Gasteiger charge is -2.35. The fraction of sp³-hybridized carbons (Fsp3) is 1.00. The Hall–Kier alpha value is 0.532. The van der Waals surface area contributed by atoms with Crippen LogP contribution in [0.15, 0.2) is 0 Å². The Bertz CT molecular complexity index is 251. The van der Waals surface area contributed by atoms with Gasteiger partial charge in [-0.05, 0) is 53.3 Å². The summed E-state index contributed by atoms with van der Waals surface area (Å²) in [5.74, 6) is 7.80. The molecule has 0 atom stereocenters. The van der Waals surface area contributed by atoms with Crippen molar-refractivity contribution >= 4 is 14.1 Å². The Kier molecular flexibility index (Phi) is 12.3. The third kappa shape index (κ3) is 9.33. The smallest absolute Gasteiger partial charge is 0.0905 e. The molecular weight excluding hydrogens is 315 g/mol. The van der Waals surface area contributed by atoms with E-state index in [2.05, 4.69) is 83.1 Å². The summed E-state index contributed by atoms with van der Waals surface area (Å²) in [4.78, 5) is 0. The molecule has 0 nitrogen and oxygen atoms in total. The van der Waals surface area contributed by atoms with Gasteiger partial charge in [-0.25, -0.2) is 0 Å². The standard InChI is InChI=1S/3C8H17.Al/c3*1-6(2)8(5)7(3)4;/h3*6-8H,5H2,1-4H3;. The minimum atomic E-state index is -0.744. The van der Waals surface area contributed by atoms with Gasteiger partial charge < -0.3 is 0 Å². The molecule has 0 fully saturated rings. The molecule has 0 aromatic rings. The van der Waals surface area contributed by atoms with E-state index in [0.29, 0.717) is 0 Å². The minimum Gasteiger partial charge on any atom is -0.0905 e. The maximum atomic E-state index is 2.46. The normalized spacial score (nSPS) is 13.3. The average Bonchev–Trinajstić information content (AvgIpc) is 2.43. The Morgan fingerprint density at radius 3 is 0.640 bits per heavy atom. The molecule has 0 spiro atoms. The van der Waals surface area contributed by atoms with Crippen LogP contribution in [0.25, 0.3) is 0 Å². The van der Waals surface area contributed by atoms with Gasteiger partial charge in [0.1, 0.15) is 0 Å². The fourth-order valence-corrected chi connectivity index (χ4v) is 11.5. The van der Waals surface area contributed by atoms with Crippen molar-refractivity contribution in [2.45, 2.75) is 98.9 Å². The Morgan fingerprint density at radius 2 is 0.520 bits per heavy atom. The van der Waals surface area contributed by atoms with Crippen LogP contribution in [-0.2, 0) is 0 Å². The molecule has 0 aliphatic carbocycles. The Labute approximate surface area is 166 Å². The topological polar surface area (TPSA) is 0 Å². The molecule has 0 radical (unpaired) electrons. The fourth-order valence-electron chi connectivity index (χ4n) is 5.39. The first kappa shape index (κ1) is 25.5. The maximum absolute atomic E-state index is 2.46. The van der Waals surface area contributed by atoms with Gasteiger partial charge in [-0.2, -0.15) is 0 Å². The van der Waals surface area contributed by atoms with Crippen LogP contribution >= 0.6 is 0 Å². The molecule has 1 heteroatoms. The van der Waals surface area contributed by atoms with Gasteiger partial charge in [0.2, 0.25) is 0 Å². The van der Waals surface area contributed by atoms with E-state index < -0.39 is 14.1 Å². The lowest BCUT2D eigenvalue weighted by atomic mass is 9.86. The van der Waals surface area contributed by atoms with Gasteiger partial charge in [0, 0.05) is 0 Å². The van der Waals surface area contributed by atoms with Crippen LogP contribution in [0.4, 0.5) is 0 Å². The van der Waals surface area contributed by atoms with Crippen molar-refractivity contribution in [2.75, 3.05) is 0 Å². The van der Waals surface area contributed by atoms with Crippen LogP contribution < -0.4 is 0 Å². The molecule has 150 valence electrons. The molecule has 0 aliphatic rings. The lowest BCUT2D eigenvalue weighted by Crippen LogP contribution is -2.32. The van der Waals surface area contributed by atoms with E-state index in [0.717, 1.165) is 53.3 Å². The van der Waals surface area contributed by atoms with Crippen LogP contribution in [-0.4, -0.2) is 14.1 Å². The molecule has 0 amide bonds. The molecule has 0 saturated carbocycles. The molecule has 0 rings (SSSR count). The minimum absolute atomic E-state index is 0.744. The van der Waals surface area contributed by atoms with Gasteiger partial charge in [0.15, 0.2) is 0 Å². The van der Waals surface area contributed by atoms with E-state index in [1.807, 2.05) is 0 Å². The van der Waals surface area contributed by atoms with E-state index in [-0.39, 0.29) is 0 Å². The largest absolute Gasteiger partial charge is 0.262 e. The molecule has 0 aliphatic heterocycles. The van der Waals surface area contributed by atoms with Gasteiger partial charge in [-0.3, -0.25) is 0 Å².